The molecule has 8 bridgehead atoms. The van der Waals surface area contributed by atoms with Crippen molar-refractivity contribution in [2.45, 2.75) is 150 Å². The first-order valence-electron chi connectivity index (χ1n) is 36.1. The Balaban J connectivity index is 0.0000106. The topological polar surface area (TPSA) is 490 Å². The number of nitrogens with one attached hydrogen (secondary N) is 2. The molecule has 0 saturated carbocycles. The first kappa shape index (κ1) is 80.1. The van der Waals surface area contributed by atoms with Crippen molar-refractivity contribution >= 4 is 58.2 Å². The number of aliphatic hydroxyl groups is 12. The van der Waals surface area contributed by atoms with E-state index in [-0.39, 0.29) is 32.7 Å². The summed E-state index contributed by atoms with van der Waals surface area (Å²) in [5, 5.41) is 149. The molecule has 5 aromatic heterocycles. The van der Waals surface area contributed by atoms with E-state index >= 15 is 0 Å². The Morgan fingerprint density at radius 3 is 1.04 bits per heavy atom. The second-order valence-electron chi connectivity index (χ2n) is 27.6. The summed E-state index contributed by atoms with van der Waals surface area (Å²) in [6.45, 7) is -1.15. The quantitative estimate of drug-likeness (QED) is 0.0406. The fraction of sp³-hybridized carbons (Fsp3) is 0.359. The Bertz CT molecular complexity index is 4760. The normalized spacial score (nSPS) is 28.2. The molecule has 0 unspecified atom stereocenters. The minimum Gasteiger partial charge on any atom is -0.657 e. The number of benzene rings is 4. The molecule has 113 heavy (non-hydrogen) atoms. The molecule has 4 fully saturated rings. The van der Waals surface area contributed by atoms with Gasteiger partial charge in [-0.15, -0.1) is 32.3 Å². The Hall–Kier alpha value is -9.48. The Kier molecular flexibility index (Phi) is 24.6. The molecule has 20 atom stereocenters. The third-order valence-electron chi connectivity index (χ3n) is 20.2. The molecule has 4 saturated heterocycles. The fourth-order valence-corrected chi connectivity index (χ4v) is 14.6. The van der Waals surface area contributed by atoms with Crippen molar-refractivity contribution in [3.8, 4) is 55.9 Å². The summed E-state index contributed by atoms with van der Waals surface area (Å²) in [7, 11) is 0. The molecule has 11 heterocycles. The van der Waals surface area contributed by atoms with Crippen molar-refractivity contribution in [2.24, 2.45) is 0 Å². The van der Waals surface area contributed by atoms with E-state index in [0.29, 0.717) is 78.7 Å². The SMILES string of the molecule is CC(=O)N[C@H]1[C@H](OCc2cn(-c3ccc(-c4c5nc(c(-c6ccccc6)c6ccc([n-]6)c(-c6ccccc6)c6nc(c(-c7ccc(-n8cc(CO[C@@H]9O[C@H](CO)[C@@H](O[C@@H]%10O[C@H](CO)[C@H](O)[C@H](O)[C@H]%10O)[C@H](O)[C@H]9NC(C)=O)nn8)cc7)c7ccc4[n-]7)C=C6)C=C5)cc3)nn2)O[C@H](CO)[C@@H](O[C@@H]2O[C@H](CO)[C@H](O)[C@H](O)[C@H]2O)[C@@H]1O.[Zn+2]. The summed E-state index contributed by atoms with van der Waals surface area (Å²) in [5.74, 6) is -1.18. The van der Waals surface area contributed by atoms with Crippen LogP contribution in [0, 0.1) is 0 Å². The van der Waals surface area contributed by atoms with Gasteiger partial charge in [0.25, 0.3) is 0 Å². The van der Waals surface area contributed by atoms with Gasteiger partial charge in [0.05, 0.1) is 86.2 Å². The number of hydrogen-bond donors (Lipinski definition) is 14. The van der Waals surface area contributed by atoms with Gasteiger partial charge in [-0.05, 0) is 93.1 Å². The van der Waals surface area contributed by atoms with Crippen molar-refractivity contribution in [3.05, 3.63) is 180 Å². The number of fused-ring (bicyclic) bond motifs is 8. The number of aromatic nitrogens is 10. The van der Waals surface area contributed by atoms with Crippen LogP contribution in [0.25, 0.3) is 102 Å². The van der Waals surface area contributed by atoms with E-state index in [1.807, 2.05) is 158 Å². The van der Waals surface area contributed by atoms with Crippen LogP contribution in [-0.4, -0.2) is 262 Å². The summed E-state index contributed by atoms with van der Waals surface area (Å²) < 4.78 is 50.1. The number of carbonyl (C=O) groups excluding carboxylic acids is 2. The third kappa shape index (κ3) is 16.5. The smallest absolute Gasteiger partial charge is 0.657 e. The number of nitrogens with zero attached hydrogens (tertiary/aromatic N) is 10. The molecule has 0 radical (unpaired) electrons. The molecule has 14 N–H and O–H groups in total. The molecule has 15 rings (SSSR count). The zero-order chi connectivity index (χ0) is 78.2. The van der Waals surface area contributed by atoms with Gasteiger partial charge in [-0.2, -0.15) is 0 Å². The van der Waals surface area contributed by atoms with Crippen LogP contribution in [0.2, 0.25) is 0 Å². The minimum atomic E-state index is -1.84. The van der Waals surface area contributed by atoms with Crippen molar-refractivity contribution in [1.29, 1.82) is 0 Å². The third-order valence-corrected chi connectivity index (χ3v) is 20.2. The predicted octanol–water partition coefficient (Wildman–Crippen LogP) is 0.310. The molecule has 6 aliphatic rings. The van der Waals surface area contributed by atoms with Gasteiger partial charge in [0.1, 0.15) is 109 Å². The molecule has 2 amide bonds. The number of hydrogen-bond acceptors (Lipinski definition) is 28. The summed E-state index contributed by atoms with van der Waals surface area (Å²) >= 11 is 0. The van der Waals surface area contributed by atoms with Crippen molar-refractivity contribution in [1.82, 2.24) is 60.6 Å². The molecule has 4 aromatic carbocycles. The average Bonchev–Trinajstić information content (AvgIpc) is 1.69. The van der Waals surface area contributed by atoms with E-state index in [1.54, 1.807) is 12.4 Å². The molecule has 9 aromatic rings. The molecule has 0 spiro atoms. The van der Waals surface area contributed by atoms with Crippen LogP contribution in [0.1, 0.15) is 48.0 Å². The summed E-state index contributed by atoms with van der Waals surface area (Å²) in [6, 6.07) is 40.0. The molecule has 34 nitrogen and oxygen atoms in total. The van der Waals surface area contributed by atoms with Crippen LogP contribution in [0.3, 0.4) is 0 Å². The monoisotopic (exact) mass is 1600 g/mol. The fourth-order valence-electron chi connectivity index (χ4n) is 14.6. The van der Waals surface area contributed by atoms with E-state index in [4.69, 9.17) is 57.8 Å². The number of carbonyl (C=O) groups is 2. The van der Waals surface area contributed by atoms with E-state index in [9.17, 15) is 70.9 Å². The zero-order valence-electron chi connectivity index (χ0n) is 60.6. The minimum absolute atomic E-state index is 0. The maximum Gasteiger partial charge on any atom is 2.00 e. The van der Waals surface area contributed by atoms with Gasteiger partial charge in [-0.1, -0.05) is 120 Å². The number of ether oxygens (including phenoxy) is 8. The van der Waals surface area contributed by atoms with Crippen molar-refractivity contribution in [3.63, 3.8) is 0 Å². The van der Waals surface area contributed by atoms with Gasteiger partial charge in [-0.3, -0.25) is 9.59 Å². The average molecular weight is 1600 g/mol. The van der Waals surface area contributed by atoms with Gasteiger partial charge in [0.2, 0.25) is 11.8 Å². The van der Waals surface area contributed by atoms with Gasteiger partial charge in [0.15, 0.2) is 25.2 Å². The largest absolute Gasteiger partial charge is 2.00 e. The molecular weight excluding hydrogens is 1520 g/mol. The zero-order valence-corrected chi connectivity index (χ0v) is 63.6. The second-order valence-corrected chi connectivity index (χ2v) is 27.6. The van der Waals surface area contributed by atoms with Crippen LogP contribution in [0.4, 0.5) is 0 Å². The van der Waals surface area contributed by atoms with E-state index in [2.05, 4.69) is 31.3 Å². The van der Waals surface area contributed by atoms with E-state index in [1.165, 1.54) is 23.2 Å². The molecule has 0 aliphatic carbocycles. The van der Waals surface area contributed by atoms with Gasteiger partial charge < -0.3 is 120 Å². The number of aliphatic hydroxyl groups excluding tert-OH is 12. The van der Waals surface area contributed by atoms with Crippen molar-refractivity contribution in [2.75, 3.05) is 26.4 Å². The molecule has 586 valence electrons. The Morgan fingerprint density at radius 2 is 0.726 bits per heavy atom. The van der Waals surface area contributed by atoms with E-state index in [0.717, 1.165) is 33.4 Å². The standard InChI is InChI=1S/C78H82N12O22.Zn/c1-37(95)79-63-67(99)73(111-77-71(103)69(101)65(97)55(31-91)107-77)57(33-93)109-75(63)105-35-43-29-89(87-85-43)45-17-13-41(14-18-45)61-51-25-23-49(82-51)59(39-9-5-3-6-10-39)47-21-22-48(81-47)60(40-11-7-4-8-12-40)50-24-26-52(83-50)62(54-28-27-53(61)84-54)42-15-19-46(20-16-42)90-30-44(86-88-90)36-106-76-64(80-38(2)96)68(100)74(58(34-94)110-76)112-78-72(104)70(102)66(98)56(32-92)108-78;/h3-30,55-58,63-78,91-94,97-104H,31-36H2,1-2H3,(H4,79,80,81,82,83,84,85,86,87,88,95,96);/q;+2/p-2/t55-,56-,57-,58-,63-,64-,65+,66+,67-,68-,69+,70+,71-,72-,73-,74-,75-,76-,77+,78+;/m1./s1. The van der Waals surface area contributed by atoms with Crippen LogP contribution >= 0.6 is 0 Å². The maximum absolute atomic E-state index is 12.6. The first-order valence-corrected chi connectivity index (χ1v) is 36.1. The van der Waals surface area contributed by atoms with Gasteiger partial charge >= 0.3 is 19.5 Å². The van der Waals surface area contributed by atoms with Crippen LogP contribution in [0.5, 0.6) is 0 Å². The Morgan fingerprint density at radius 1 is 0.407 bits per heavy atom. The second kappa shape index (κ2) is 34.7. The summed E-state index contributed by atoms with van der Waals surface area (Å²) in [4.78, 5) is 46.8. The molecule has 6 aliphatic heterocycles. The summed E-state index contributed by atoms with van der Waals surface area (Å²) in [5.41, 5.74) is 12.9. The predicted molar refractivity (Wildman–Crippen MR) is 394 cm³/mol. The van der Waals surface area contributed by atoms with Gasteiger partial charge in [0, 0.05) is 13.8 Å². The Labute approximate surface area is 655 Å². The van der Waals surface area contributed by atoms with E-state index < -0.39 is 161 Å². The first-order chi connectivity index (χ1) is 54.3. The summed E-state index contributed by atoms with van der Waals surface area (Å²) in [6.07, 6.45) is -17.6. The van der Waals surface area contributed by atoms with Crippen LogP contribution in [-0.2, 0) is 80.2 Å². The van der Waals surface area contributed by atoms with Crippen LogP contribution in [0.15, 0.2) is 146 Å². The number of amides is 2. The molecule has 35 heteroatoms. The van der Waals surface area contributed by atoms with Crippen molar-refractivity contribution < 1.29 is 128 Å². The van der Waals surface area contributed by atoms with Crippen LogP contribution < -0.4 is 20.6 Å². The molecular formula is C78H80N12O22Zn. The number of rotatable bonds is 22. The maximum atomic E-state index is 12.6. The van der Waals surface area contributed by atoms with Gasteiger partial charge in [-0.25, -0.2) is 19.3 Å².